The molecule has 0 bridgehead atoms. The molecular formula is C19H21N3S2. The van der Waals surface area contributed by atoms with E-state index >= 15 is 0 Å². The van der Waals surface area contributed by atoms with E-state index in [9.17, 15) is 0 Å². The second-order valence-electron chi connectivity index (χ2n) is 5.52. The molecule has 124 valence electrons. The van der Waals surface area contributed by atoms with Gasteiger partial charge in [-0.3, -0.25) is 0 Å². The van der Waals surface area contributed by atoms with Gasteiger partial charge in [-0.15, -0.1) is 0 Å². The number of rotatable bonds is 6. The van der Waals surface area contributed by atoms with Gasteiger partial charge >= 0.3 is 0 Å². The van der Waals surface area contributed by atoms with Crippen molar-refractivity contribution in [1.29, 1.82) is 5.26 Å². The lowest BCUT2D eigenvalue weighted by Gasteiger charge is -2.13. The van der Waals surface area contributed by atoms with Gasteiger partial charge in [-0.1, -0.05) is 30.3 Å². The van der Waals surface area contributed by atoms with Crippen LogP contribution in [-0.2, 0) is 5.75 Å². The molecule has 0 amide bonds. The summed E-state index contributed by atoms with van der Waals surface area (Å²) in [6.45, 7) is 4.92. The molecule has 0 heterocycles. The Morgan fingerprint density at radius 3 is 2.79 bits per heavy atom. The zero-order valence-corrected chi connectivity index (χ0v) is 15.6. The average Bonchev–Trinajstić information content (AvgIpc) is 2.58. The van der Waals surface area contributed by atoms with Gasteiger partial charge in [0, 0.05) is 23.7 Å². The van der Waals surface area contributed by atoms with Gasteiger partial charge in [-0.05, 0) is 54.9 Å². The summed E-state index contributed by atoms with van der Waals surface area (Å²) in [6.07, 6.45) is 0. The predicted octanol–water partition coefficient (Wildman–Crippen LogP) is 4.39. The molecule has 2 N–H and O–H groups in total. The molecule has 0 spiro atoms. The maximum absolute atomic E-state index is 9.08. The minimum absolute atomic E-state index is 0.640. The Bertz CT molecular complexity index is 751. The van der Waals surface area contributed by atoms with Crippen molar-refractivity contribution in [3.8, 4) is 6.07 Å². The summed E-state index contributed by atoms with van der Waals surface area (Å²) < 4.78 is 0. The van der Waals surface area contributed by atoms with Gasteiger partial charge in [0.25, 0.3) is 0 Å². The second-order valence-corrected chi connectivity index (χ2v) is 7.03. The van der Waals surface area contributed by atoms with E-state index in [4.69, 9.17) is 17.5 Å². The van der Waals surface area contributed by atoms with Crippen molar-refractivity contribution in [3.63, 3.8) is 0 Å². The summed E-state index contributed by atoms with van der Waals surface area (Å²) in [5.74, 6) is 1.76. The van der Waals surface area contributed by atoms with Crippen LogP contribution in [0.4, 0.5) is 5.69 Å². The van der Waals surface area contributed by atoms with Gasteiger partial charge in [-0.25, -0.2) is 0 Å². The van der Waals surface area contributed by atoms with Crippen molar-refractivity contribution in [1.82, 2.24) is 5.32 Å². The normalized spacial score (nSPS) is 10.0. The first-order valence-electron chi connectivity index (χ1n) is 7.78. The van der Waals surface area contributed by atoms with Crippen LogP contribution in [0.15, 0.2) is 42.5 Å². The molecule has 3 nitrogen and oxygen atoms in total. The number of nitriles is 1. The third-order valence-corrected chi connectivity index (χ3v) is 4.82. The molecule has 0 aliphatic heterocycles. The van der Waals surface area contributed by atoms with Crippen LogP contribution in [0.25, 0.3) is 0 Å². The molecule has 2 rings (SSSR count). The van der Waals surface area contributed by atoms with Crippen LogP contribution >= 0.6 is 24.0 Å². The van der Waals surface area contributed by atoms with Gasteiger partial charge in [0.1, 0.15) is 0 Å². The molecule has 0 aliphatic carbocycles. The average molecular weight is 356 g/mol. The van der Waals surface area contributed by atoms with E-state index in [1.807, 2.05) is 24.3 Å². The Balaban J connectivity index is 1.71. The highest BCUT2D eigenvalue weighted by molar-refractivity contribution is 7.98. The van der Waals surface area contributed by atoms with Crippen LogP contribution in [0.5, 0.6) is 0 Å². The number of thiocarbonyl (C=S) groups is 1. The van der Waals surface area contributed by atoms with E-state index in [0.717, 1.165) is 34.9 Å². The highest BCUT2D eigenvalue weighted by Crippen LogP contribution is 2.17. The van der Waals surface area contributed by atoms with Crippen LogP contribution in [0.2, 0.25) is 0 Å². The van der Waals surface area contributed by atoms with Gasteiger partial charge in [-0.2, -0.15) is 17.0 Å². The molecule has 2 aromatic carbocycles. The van der Waals surface area contributed by atoms with Gasteiger partial charge < -0.3 is 10.6 Å². The number of aryl methyl sites for hydroxylation is 2. The molecule has 0 radical (unpaired) electrons. The number of anilines is 1. The fourth-order valence-corrected chi connectivity index (χ4v) is 3.29. The fourth-order valence-electron chi connectivity index (χ4n) is 2.21. The Hall–Kier alpha value is -2.03. The molecule has 2 aromatic rings. The lowest BCUT2D eigenvalue weighted by Crippen LogP contribution is -2.30. The van der Waals surface area contributed by atoms with Crippen molar-refractivity contribution in [2.24, 2.45) is 0 Å². The van der Waals surface area contributed by atoms with E-state index in [2.05, 4.69) is 48.7 Å². The number of hydrogen-bond donors (Lipinski definition) is 2. The molecule has 0 saturated heterocycles. The summed E-state index contributed by atoms with van der Waals surface area (Å²) in [5, 5.41) is 16.2. The van der Waals surface area contributed by atoms with E-state index in [0.29, 0.717) is 5.11 Å². The minimum Gasteiger partial charge on any atom is -0.362 e. The Kier molecular flexibility index (Phi) is 7.10. The first-order valence-corrected chi connectivity index (χ1v) is 9.34. The highest BCUT2D eigenvalue weighted by atomic mass is 32.2. The summed E-state index contributed by atoms with van der Waals surface area (Å²) >= 11 is 7.14. The zero-order chi connectivity index (χ0) is 17.4. The fraction of sp³-hybridized carbons (Fsp3) is 0.263. The second kappa shape index (κ2) is 9.31. The van der Waals surface area contributed by atoms with Gasteiger partial charge in [0.2, 0.25) is 0 Å². The molecule has 0 saturated carbocycles. The first kappa shape index (κ1) is 18.3. The number of nitrogens with zero attached hydrogens (tertiary/aromatic N) is 1. The highest BCUT2D eigenvalue weighted by Gasteiger charge is 2.03. The zero-order valence-electron chi connectivity index (χ0n) is 13.9. The lowest BCUT2D eigenvalue weighted by molar-refractivity contribution is 0.989. The van der Waals surface area contributed by atoms with Gasteiger partial charge in [0.05, 0.1) is 11.6 Å². The molecule has 0 unspecified atom stereocenters. The monoisotopic (exact) mass is 355 g/mol. The molecular weight excluding hydrogens is 334 g/mol. The van der Waals surface area contributed by atoms with Crippen molar-refractivity contribution in [3.05, 3.63) is 64.7 Å². The molecule has 24 heavy (non-hydrogen) atoms. The van der Waals surface area contributed by atoms with Crippen molar-refractivity contribution >= 4 is 34.8 Å². The smallest absolute Gasteiger partial charge is 0.170 e. The third-order valence-electron chi connectivity index (χ3n) is 3.57. The summed E-state index contributed by atoms with van der Waals surface area (Å²) in [6, 6.07) is 16.2. The molecule has 0 atom stereocenters. The Morgan fingerprint density at radius 2 is 2.00 bits per heavy atom. The van der Waals surface area contributed by atoms with E-state index in [-0.39, 0.29) is 0 Å². The molecule has 5 heteroatoms. The van der Waals surface area contributed by atoms with Crippen LogP contribution in [-0.4, -0.2) is 17.4 Å². The first-order chi connectivity index (χ1) is 11.6. The van der Waals surface area contributed by atoms with Gasteiger partial charge in [0.15, 0.2) is 5.11 Å². The quantitative estimate of drug-likeness (QED) is 0.594. The Morgan fingerprint density at radius 1 is 1.21 bits per heavy atom. The summed E-state index contributed by atoms with van der Waals surface area (Å²) in [7, 11) is 0. The Labute approximate surface area is 153 Å². The topological polar surface area (TPSA) is 47.8 Å². The minimum atomic E-state index is 0.640. The maximum Gasteiger partial charge on any atom is 0.170 e. The molecule has 0 aliphatic rings. The lowest BCUT2D eigenvalue weighted by atomic mass is 10.1. The largest absolute Gasteiger partial charge is 0.362 e. The van der Waals surface area contributed by atoms with E-state index in [1.54, 1.807) is 11.8 Å². The van der Waals surface area contributed by atoms with Crippen LogP contribution in [0.1, 0.15) is 22.3 Å². The van der Waals surface area contributed by atoms with Crippen molar-refractivity contribution in [2.75, 3.05) is 17.6 Å². The van der Waals surface area contributed by atoms with Crippen molar-refractivity contribution in [2.45, 2.75) is 19.6 Å². The third kappa shape index (κ3) is 5.55. The maximum atomic E-state index is 9.08. The summed E-state index contributed by atoms with van der Waals surface area (Å²) in [5.41, 5.74) is 5.26. The number of nitrogens with one attached hydrogen (secondary N) is 2. The van der Waals surface area contributed by atoms with E-state index in [1.165, 1.54) is 11.1 Å². The van der Waals surface area contributed by atoms with Crippen LogP contribution in [0, 0.1) is 25.2 Å². The standard InChI is InChI=1S/C19H21N3S2/c1-14-7-8-15(2)18(11-14)22-19(23)21-9-10-24-13-17-6-4-3-5-16(17)12-20/h3-8,11H,9-10,13H2,1-2H3,(H2,21,22,23). The van der Waals surface area contributed by atoms with Crippen molar-refractivity contribution < 1.29 is 0 Å². The number of thioether (sulfide) groups is 1. The van der Waals surface area contributed by atoms with Crippen LogP contribution in [0.3, 0.4) is 0 Å². The van der Waals surface area contributed by atoms with Crippen LogP contribution < -0.4 is 10.6 Å². The molecule has 0 fully saturated rings. The predicted molar refractivity (Wildman–Crippen MR) is 107 cm³/mol. The number of hydrogen-bond acceptors (Lipinski definition) is 3. The SMILES string of the molecule is Cc1ccc(C)c(NC(=S)NCCSCc2ccccc2C#N)c1. The summed E-state index contributed by atoms with van der Waals surface area (Å²) in [4.78, 5) is 0. The molecule has 0 aromatic heterocycles. The van der Waals surface area contributed by atoms with E-state index < -0.39 is 0 Å². The number of benzene rings is 2.